The van der Waals surface area contributed by atoms with Crippen LogP contribution in [0.1, 0.15) is 20.7 Å². The molecule has 0 aromatic heterocycles. The average Bonchev–Trinajstić information content (AvgIpc) is 2.83. The lowest BCUT2D eigenvalue weighted by Crippen LogP contribution is -2.16. The quantitative estimate of drug-likeness (QED) is 0.227. The van der Waals surface area contributed by atoms with E-state index in [1.807, 2.05) is 0 Å². The standard InChI is InChI=1S/C24H21F2NO5S/c1-30-16-9-12-19(22(13-16)31-2)21(28)14-32-23(29)18-5-3-4-6-20(18)27-15-7-10-17(11-8-15)33-24(25)26/h3-13,24,27H,14H2,1-2H3. The highest BCUT2D eigenvalue weighted by atomic mass is 32.2. The third kappa shape index (κ3) is 6.45. The number of ketones is 1. The number of esters is 1. The summed E-state index contributed by atoms with van der Waals surface area (Å²) in [7, 11) is 2.93. The molecule has 0 amide bonds. The fourth-order valence-corrected chi connectivity index (χ4v) is 3.46. The number of anilines is 2. The molecule has 0 atom stereocenters. The number of carbonyl (C=O) groups excluding carboxylic acids is 2. The lowest BCUT2D eigenvalue weighted by molar-refractivity contribution is 0.0475. The van der Waals surface area contributed by atoms with Crippen molar-refractivity contribution in [2.45, 2.75) is 10.7 Å². The Hall–Kier alpha value is -3.59. The molecule has 0 saturated carbocycles. The van der Waals surface area contributed by atoms with Gasteiger partial charge in [-0.3, -0.25) is 4.79 Å². The fraction of sp³-hybridized carbons (Fsp3) is 0.167. The van der Waals surface area contributed by atoms with Crippen LogP contribution in [-0.4, -0.2) is 38.3 Å². The number of carbonyl (C=O) groups is 2. The van der Waals surface area contributed by atoms with Crippen molar-refractivity contribution in [2.24, 2.45) is 0 Å². The van der Waals surface area contributed by atoms with Gasteiger partial charge in [0.15, 0.2) is 6.61 Å². The summed E-state index contributed by atoms with van der Waals surface area (Å²) >= 11 is 0.450. The van der Waals surface area contributed by atoms with Crippen LogP contribution in [0.2, 0.25) is 0 Å². The molecule has 0 aliphatic rings. The second kappa shape index (κ2) is 11.3. The first kappa shape index (κ1) is 24.1. The van der Waals surface area contributed by atoms with E-state index in [2.05, 4.69) is 5.32 Å². The summed E-state index contributed by atoms with van der Waals surface area (Å²) in [6.07, 6.45) is 0. The van der Waals surface area contributed by atoms with Gasteiger partial charge in [-0.25, -0.2) is 4.79 Å². The Morgan fingerprint density at radius 1 is 0.939 bits per heavy atom. The molecule has 0 unspecified atom stereocenters. The van der Waals surface area contributed by atoms with Gasteiger partial charge in [0.05, 0.1) is 31.0 Å². The SMILES string of the molecule is COc1ccc(C(=O)COC(=O)c2ccccc2Nc2ccc(SC(F)F)cc2)c(OC)c1. The van der Waals surface area contributed by atoms with Gasteiger partial charge in [0.2, 0.25) is 5.78 Å². The minimum atomic E-state index is -2.50. The van der Waals surface area contributed by atoms with Crippen molar-refractivity contribution in [3.8, 4) is 11.5 Å². The molecule has 3 aromatic carbocycles. The molecule has 0 bridgehead atoms. The van der Waals surface area contributed by atoms with E-state index in [0.717, 1.165) is 0 Å². The number of nitrogens with one attached hydrogen (secondary N) is 1. The molecule has 1 N–H and O–H groups in total. The number of methoxy groups -OCH3 is 2. The second-order valence-corrected chi connectivity index (χ2v) is 7.70. The molecule has 0 radical (unpaired) electrons. The van der Waals surface area contributed by atoms with Crippen molar-refractivity contribution in [3.63, 3.8) is 0 Å². The zero-order valence-corrected chi connectivity index (χ0v) is 18.7. The predicted molar refractivity (Wildman–Crippen MR) is 122 cm³/mol. The Bertz CT molecular complexity index is 1120. The maximum atomic E-state index is 12.7. The van der Waals surface area contributed by atoms with Crippen LogP contribution in [-0.2, 0) is 4.74 Å². The van der Waals surface area contributed by atoms with Crippen LogP contribution in [0.5, 0.6) is 11.5 Å². The van der Waals surface area contributed by atoms with Crippen molar-refractivity contribution in [2.75, 3.05) is 26.1 Å². The number of hydrogen-bond acceptors (Lipinski definition) is 7. The minimum Gasteiger partial charge on any atom is -0.497 e. The normalized spacial score (nSPS) is 10.6. The molecule has 0 aliphatic heterocycles. The van der Waals surface area contributed by atoms with Gasteiger partial charge in [0, 0.05) is 16.6 Å². The van der Waals surface area contributed by atoms with Gasteiger partial charge in [-0.05, 0) is 48.5 Å². The Morgan fingerprint density at radius 2 is 1.67 bits per heavy atom. The molecule has 3 aromatic rings. The first-order chi connectivity index (χ1) is 15.9. The van der Waals surface area contributed by atoms with Crippen molar-refractivity contribution < 1.29 is 32.6 Å². The minimum absolute atomic E-state index is 0.220. The van der Waals surface area contributed by atoms with E-state index in [-0.39, 0.29) is 11.1 Å². The van der Waals surface area contributed by atoms with Gasteiger partial charge in [0.25, 0.3) is 5.76 Å². The highest BCUT2D eigenvalue weighted by molar-refractivity contribution is 7.99. The van der Waals surface area contributed by atoms with Gasteiger partial charge < -0.3 is 19.5 Å². The number of benzene rings is 3. The Labute approximate surface area is 193 Å². The number of halogens is 2. The van der Waals surface area contributed by atoms with Crippen LogP contribution in [0, 0.1) is 0 Å². The number of hydrogen-bond donors (Lipinski definition) is 1. The number of ether oxygens (including phenoxy) is 3. The third-order valence-corrected chi connectivity index (χ3v) is 5.27. The smallest absolute Gasteiger partial charge is 0.340 e. The van der Waals surface area contributed by atoms with Crippen molar-refractivity contribution in [1.29, 1.82) is 0 Å². The predicted octanol–water partition coefficient (Wildman–Crippen LogP) is 5.80. The highest BCUT2D eigenvalue weighted by Gasteiger charge is 2.18. The summed E-state index contributed by atoms with van der Waals surface area (Å²) in [4.78, 5) is 25.7. The molecule has 0 heterocycles. The molecule has 0 aliphatic carbocycles. The first-order valence-corrected chi connectivity index (χ1v) is 10.6. The molecule has 0 fully saturated rings. The number of para-hydroxylation sites is 1. The molecule has 0 spiro atoms. The highest BCUT2D eigenvalue weighted by Crippen LogP contribution is 2.28. The van der Waals surface area contributed by atoms with Crippen LogP contribution in [0.25, 0.3) is 0 Å². The number of Topliss-reactive ketones (excluding diaryl/α,β-unsaturated/α-hetero) is 1. The van der Waals surface area contributed by atoms with Gasteiger partial charge in [0.1, 0.15) is 11.5 Å². The summed E-state index contributed by atoms with van der Waals surface area (Å²) < 4.78 is 40.5. The number of alkyl halides is 2. The number of thioether (sulfide) groups is 1. The monoisotopic (exact) mass is 473 g/mol. The molecule has 6 nitrogen and oxygen atoms in total. The van der Waals surface area contributed by atoms with E-state index in [0.29, 0.717) is 39.5 Å². The van der Waals surface area contributed by atoms with Gasteiger partial charge in [-0.15, -0.1) is 0 Å². The molecule has 9 heteroatoms. The van der Waals surface area contributed by atoms with Crippen molar-refractivity contribution in [1.82, 2.24) is 0 Å². The molecule has 3 rings (SSSR count). The summed E-state index contributed by atoms with van der Waals surface area (Å²) in [5, 5.41) is 3.07. The second-order valence-electron chi connectivity index (χ2n) is 6.64. The maximum absolute atomic E-state index is 12.7. The molecular weight excluding hydrogens is 452 g/mol. The Morgan fingerprint density at radius 3 is 2.33 bits per heavy atom. The lowest BCUT2D eigenvalue weighted by atomic mass is 10.1. The molecule has 172 valence electrons. The van der Waals surface area contributed by atoms with E-state index >= 15 is 0 Å². The van der Waals surface area contributed by atoms with E-state index in [1.54, 1.807) is 66.7 Å². The van der Waals surface area contributed by atoms with Crippen molar-refractivity contribution in [3.05, 3.63) is 77.9 Å². The summed E-state index contributed by atoms with van der Waals surface area (Å²) in [5.74, 6) is -2.78. The van der Waals surface area contributed by atoms with Gasteiger partial charge in [-0.1, -0.05) is 23.9 Å². The summed E-state index contributed by atoms with van der Waals surface area (Å²) in [6.45, 7) is -0.477. The topological polar surface area (TPSA) is 73.9 Å². The van der Waals surface area contributed by atoms with Crippen molar-refractivity contribution >= 4 is 34.9 Å². The zero-order valence-electron chi connectivity index (χ0n) is 17.8. The van der Waals surface area contributed by atoms with E-state index in [4.69, 9.17) is 14.2 Å². The first-order valence-electron chi connectivity index (χ1n) is 9.74. The summed E-state index contributed by atoms with van der Waals surface area (Å²) in [6, 6.07) is 17.7. The Balaban J connectivity index is 1.68. The molecule has 33 heavy (non-hydrogen) atoms. The van der Waals surface area contributed by atoms with E-state index in [9.17, 15) is 18.4 Å². The van der Waals surface area contributed by atoms with Gasteiger partial charge >= 0.3 is 5.97 Å². The van der Waals surface area contributed by atoms with Crippen LogP contribution in [0.15, 0.2) is 71.6 Å². The maximum Gasteiger partial charge on any atom is 0.340 e. The molecular formula is C24H21F2NO5S. The van der Waals surface area contributed by atoms with Crippen LogP contribution < -0.4 is 14.8 Å². The molecule has 0 saturated heterocycles. The largest absolute Gasteiger partial charge is 0.497 e. The zero-order chi connectivity index (χ0) is 23.8. The van der Waals surface area contributed by atoms with Crippen LogP contribution >= 0.6 is 11.8 Å². The average molecular weight is 473 g/mol. The van der Waals surface area contributed by atoms with Crippen LogP contribution in [0.4, 0.5) is 20.2 Å². The van der Waals surface area contributed by atoms with E-state index in [1.165, 1.54) is 14.2 Å². The number of rotatable bonds is 10. The lowest BCUT2D eigenvalue weighted by Gasteiger charge is -2.13. The summed E-state index contributed by atoms with van der Waals surface area (Å²) in [5.41, 5.74) is 1.54. The fourth-order valence-electron chi connectivity index (χ4n) is 2.96. The van der Waals surface area contributed by atoms with Gasteiger partial charge in [-0.2, -0.15) is 8.78 Å². The Kier molecular flexibility index (Phi) is 8.26. The van der Waals surface area contributed by atoms with E-state index < -0.39 is 24.1 Å². The third-order valence-electron chi connectivity index (χ3n) is 4.55. The van der Waals surface area contributed by atoms with Crippen LogP contribution in [0.3, 0.4) is 0 Å².